The van der Waals surface area contributed by atoms with E-state index in [9.17, 15) is 9.59 Å². The van der Waals surface area contributed by atoms with Crippen molar-refractivity contribution in [3.63, 3.8) is 0 Å². The lowest BCUT2D eigenvalue weighted by atomic mass is 10.2. The van der Waals surface area contributed by atoms with Crippen molar-refractivity contribution in [1.82, 2.24) is 15.2 Å². The Bertz CT molecular complexity index is 1160. The summed E-state index contributed by atoms with van der Waals surface area (Å²) in [6.07, 6.45) is 0. The van der Waals surface area contributed by atoms with Crippen LogP contribution in [0.5, 0.6) is 0 Å². The number of aromatic nitrogens is 3. The van der Waals surface area contributed by atoms with Gasteiger partial charge in [0.05, 0.1) is 4.88 Å². The number of nitrogens with zero attached hydrogens (tertiary/aromatic N) is 2. The smallest absolute Gasteiger partial charge is 0.267 e. The van der Waals surface area contributed by atoms with Crippen LogP contribution in [0.25, 0.3) is 21.8 Å². The Hall–Kier alpha value is -2.58. The van der Waals surface area contributed by atoms with E-state index >= 15 is 0 Å². The molecule has 1 aromatic carbocycles. The minimum atomic E-state index is -0.347. The van der Waals surface area contributed by atoms with Crippen molar-refractivity contribution in [3.8, 4) is 0 Å². The fourth-order valence-electron chi connectivity index (χ4n) is 2.58. The molecule has 6 nitrogen and oxygen atoms in total. The Morgan fingerprint density at radius 2 is 1.96 bits per heavy atom. The monoisotopic (exact) mass is 370 g/mol. The van der Waals surface area contributed by atoms with E-state index in [1.165, 1.54) is 11.3 Å². The molecule has 1 amide bonds. The normalized spacial score (nSPS) is 11.5. The number of hydrogen-bond acceptors (Lipinski definition) is 6. The van der Waals surface area contributed by atoms with E-state index in [0.29, 0.717) is 15.5 Å². The minimum absolute atomic E-state index is 0.168. The topological polar surface area (TPSA) is 87.7 Å². The van der Waals surface area contributed by atoms with Gasteiger partial charge in [-0.15, -0.1) is 10.2 Å². The van der Waals surface area contributed by atoms with Crippen molar-refractivity contribution < 1.29 is 4.79 Å². The number of rotatable bonds is 3. The number of hydrogen-bond donors (Lipinski definition) is 2. The van der Waals surface area contributed by atoms with Crippen LogP contribution in [-0.4, -0.2) is 21.1 Å². The molecule has 0 saturated heterocycles. The molecule has 8 heteroatoms. The van der Waals surface area contributed by atoms with E-state index in [-0.39, 0.29) is 16.6 Å². The molecular weight excluding hydrogens is 356 g/mol. The average molecular weight is 370 g/mol. The Morgan fingerprint density at radius 1 is 1.16 bits per heavy atom. The number of carbonyl (C=O) groups is 1. The summed E-state index contributed by atoms with van der Waals surface area (Å²) in [7, 11) is 0. The summed E-state index contributed by atoms with van der Waals surface area (Å²) in [5, 5.41) is 13.7. The summed E-state index contributed by atoms with van der Waals surface area (Å²) in [4.78, 5) is 28.4. The van der Waals surface area contributed by atoms with Gasteiger partial charge in [-0.1, -0.05) is 54.7 Å². The van der Waals surface area contributed by atoms with Crippen LogP contribution in [0, 0.1) is 0 Å². The highest BCUT2D eigenvalue weighted by Gasteiger charge is 2.16. The molecule has 0 aliphatic heterocycles. The van der Waals surface area contributed by atoms with Crippen molar-refractivity contribution in [2.45, 2.75) is 19.8 Å². The number of fused-ring (bicyclic) bond motifs is 3. The van der Waals surface area contributed by atoms with E-state index in [4.69, 9.17) is 0 Å². The molecule has 4 aromatic rings. The molecule has 25 heavy (non-hydrogen) atoms. The number of anilines is 1. The van der Waals surface area contributed by atoms with Gasteiger partial charge in [-0.05, 0) is 12.1 Å². The lowest BCUT2D eigenvalue weighted by Crippen LogP contribution is -2.12. The summed E-state index contributed by atoms with van der Waals surface area (Å²) in [6, 6.07) is 9.40. The third-order valence-corrected chi connectivity index (χ3v) is 5.86. The highest BCUT2D eigenvalue weighted by atomic mass is 32.1. The van der Waals surface area contributed by atoms with Crippen LogP contribution < -0.4 is 10.1 Å². The first-order chi connectivity index (χ1) is 12.0. The van der Waals surface area contributed by atoms with Gasteiger partial charge < -0.3 is 4.98 Å². The fraction of sp³-hybridized carbons (Fsp3) is 0.176. The number of aromatic amines is 1. The van der Waals surface area contributed by atoms with Gasteiger partial charge in [0.15, 0.2) is 0 Å². The average Bonchev–Trinajstić information content (AvgIpc) is 3.20. The van der Waals surface area contributed by atoms with E-state index in [0.717, 1.165) is 32.6 Å². The second-order valence-corrected chi connectivity index (χ2v) is 7.94. The predicted octanol–water partition coefficient (Wildman–Crippen LogP) is 3.97. The van der Waals surface area contributed by atoms with Crippen LogP contribution >= 0.6 is 22.7 Å². The standard InChI is InChI=1S/C17H14N4O2S2/c1-8(2)15-20-21-17(25-15)19-14(22)12-7-10-9-5-3-4-6-11(9)18-13(10)16(23)24-12/h3-8,18H,1-2H3,(H,19,21,22). The highest BCUT2D eigenvalue weighted by Crippen LogP contribution is 2.26. The molecule has 3 aromatic heterocycles. The van der Waals surface area contributed by atoms with Crippen LogP contribution in [0.3, 0.4) is 0 Å². The van der Waals surface area contributed by atoms with Gasteiger partial charge in [-0.3, -0.25) is 14.9 Å². The first kappa shape index (κ1) is 15.9. The number of H-pyrrole nitrogens is 1. The van der Waals surface area contributed by atoms with Gasteiger partial charge in [0.1, 0.15) is 10.5 Å². The summed E-state index contributed by atoms with van der Waals surface area (Å²) >= 11 is 2.26. The van der Waals surface area contributed by atoms with Crippen molar-refractivity contribution >= 4 is 55.5 Å². The van der Waals surface area contributed by atoms with Crippen LogP contribution in [-0.2, 0) is 0 Å². The number of para-hydroxylation sites is 1. The number of amides is 1. The molecule has 0 fully saturated rings. The van der Waals surface area contributed by atoms with Gasteiger partial charge >= 0.3 is 0 Å². The van der Waals surface area contributed by atoms with Crippen LogP contribution in [0.4, 0.5) is 5.13 Å². The zero-order chi connectivity index (χ0) is 17.6. The summed E-state index contributed by atoms with van der Waals surface area (Å²) in [5.74, 6) is -0.0949. The molecule has 0 aliphatic carbocycles. The van der Waals surface area contributed by atoms with Gasteiger partial charge in [0.2, 0.25) is 5.13 Å². The third kappa shape index (κ3) is 2.83. The van der Waals surface area contributed by atoms with Gasteiger partial charge in [-0.2, -0.15) is 0 Å². The van der Waals surface area contributed by atoms with Gasteiger partial charge in [0, 0.05) is 22.2 Å². The highest BCUT2D eigenvalue weighted by molar-refractivity contribution is 7.15. The quantitative estimate of drug-likeness (QED) is 0.571. The number of benzene rings is 1. The number of carbonyl (C=O) groups excluding carboxylic acids is 1. The summed E-state index contributed by atoms with van der Waals surface area (Å²) in [5.41, 5.74) is 1.41. The summed E-state index contributed by atoms with van der Waals surface area (Å²) < 4.78 is -0.168. The second-order valence-electron chi connectivity index (χ2n) is 5.91. The maximum Gasteiger partial charge on any atom is 0.267 e. The van der Waals surface area contributed by atoms with Crippen LogP contribution in [0.1, 0.15) is 34.4 Å². The molecule has 0 spiro atoms. The van der Waals surface area contributed by atoms with Crippen molar-refractivity contribution in [3.05, 3.63) is 49.8 Å². The van der Waals surface area contributed by atoms with E-state index in [1.807, 2.05) is 38.1 Å². The molecule has 0 unspecified atom stereocenters. The molecule has 0 aliphatic rings. The van der Waals surface area contributed by atoms with Crippen molar-refractivity contribution in [2.75, 3.05) is 5.32 Å². The Labute approximate surface area is 150 Å². The lowest BCUT2D eigenvalue weighted by Gasteiger charge is -2.00. The predicted molar refractivity (Wildman–Crippen MR) is 102 cm³/mol. The van der Waals surface area contributed by atoms with Gasteiger partial charge in [0.25, 0.3) is 10.6 Å². The molecule has 0 saturated carbocycles. The minimum Gasteiger partial charge on any atom is -0.351 e. The molecule has 0 atom stereocenters. The maximum absolute atomic E-state index is 12.5. The molecule has 0 radical (unpaired) electrons. The third-order valence-electron chi connectivity index (χ3n) is 3.81. The SMILES string of the molecule is CC(C)c1nnc(NC(=O)c2cc3c([nH]c4ccccc43)c(=O)s2)s1. The number of nitrogens with one attached hydrogen (secondary N) is 2. The van der Waals surface area contributed by atoms with E-state index < -0.39 is 0 Å². The van der Waals surface area contributed by atoms with Crippen molar-refractivity contribution in [1.29, 1.82) is 0 Å². The fourth-order valence-corrected chi connectivity index (χ4v) is 4.10. The summed E-state index contributed by atoms with van der Waals surface area (Å²) in [6.45, 7) is 4.03. The van der Waals surface area contributed by atoms with Gasteiger partial charge in [-0.25, -0.2) is 0 Å². The molecule has 2 N–H and O–H groups in total. The Kier molecular flexibility index (Phi) is 3.85. The lowest BCUT2D eigenvalue weighted by molar-refractivity contribution is 0.103. The molecule has 0 bridgehead atoms. The zero-order valence-corrected chi connectivity index (χ0v) is 15.1. The Balaban J connectivity index is 1.74. The molecule has 126 valence electrons. The second kappa shape index (κ2) is 6.05. The first-order valence-corrected chi connectivity index (χ1v) is 9.35. The molecular formula is C17H14N4O2S2. The zero-order valence-electron chi connectivity index (χ0n) is 13.5. The van der Waals surface area contributed by atoms with Crippen molar-refractivity contribution in [2.24, 2.45) is 0 Å². The molecule has 4 rings (SSSR count). The maximum atomic E-state index is 12.5. The van der Waals surface area contributed by atoms with Crippen LogP contribution in [0.2, 0.25) is 0 Å². The molecule has 3 heterocycles. The van der Waals surface area contributed by atoms with E-state index in [2.05, 4.69) is 20.5 Å². The largest absolute Gasteiger partial charge is 0.351 e. The first-order valence-electron chi connectivity index (χ1n) is 7.72. The Morgan fingerprint density at radius 3 is 2.72 bits per heavy atom. The van der Waals surface area contributed by atoms with E-state index in [1.54, 1.807) is 6.07 Å². The van der Waals surface area contributed by atoms with Crippen LogP contribution in [0.15, 0.2) is 35.1 Å².